The number of benzene rings is 1. The van der Waals surface area contributed by atoms with Crippen molar-refractivity contribution in [3.8, 4) is 5.69 Å². The van der Waals surface area contributed by atoms with Crippen LogP contribution >= 0.6 is 0 Å². The summed E-state index contributed by atoms with van der Waals surface area (Å²) in [7, 11) is 0. The van der Waals surface area contributed by atoms with Gasteiger partial charge in [-0.1, -0.05) is 12.1 Å². The molecule has 148 valence electrons. The van der Waals surface area contributed by atoms with Crippen LogP contribution in [0.5, 0.6) is 0 Å². The first-order chi connectivity index (χ1) is 13.4. The lowest BCUT2D eigenvalue weighted by Crippen LogP contribution is -2.44. The number of carboxylic acid groups (broad SMARTS) is 1. The number of rotatable bonds is 8. The molecule has 0 spiro atoms. The molecule has 1 unspecified atom stereocenters. The number of aryl methyl sites for hydroxylation is 1. The van der Waals surface area contributed by atoms with Crippen LogP contribution in [0.1, 0.15) is 33.7 Å². The fourth-order valence-electron chi connectivity index (χ4n) is 3.27. The molecule has 3 rings (SSSR count). The number of nitrogens with one attached hydrogen (secondary N) is 1. The van der Waals surface area contributed by atoms with Crippen LogP contribution in [0.15, 0.2) is 30.9 Å². The van der Waals surface area contributed by atoms with Crippen molar-refractivity contribution in [1.82, 2.24) is 15.1 Å². The van der Waals surface area contributed by atoms with E-state index in [0.717, 1.165) is 23.2 Å². The summed E-state index contributed by atoms with van der Waals surface area (Å²) in [5.41, 5.74) is 2.79. The first-order valence-electron chi connectivity index (χ1n) is 9.02. The zero-order valence-electron chi connectivity index (χ0n) is 15.6. The number of fused-ring (bicyclic) bond motifs is 1. The van der Waals surface area contributed by atoms with Crippen molar-refractivity contribution in [2.45, 2.75) is 32.2 Å². The Morgan fingerprint density at radius 1 is 1.46 bits per heavy atom. The largest absolute Gasteiger partial charge is 0.480 e. The second kappa shape index (κ2) is 8.35. The normalized spacial score (nSPS) is 13.8. The fraction of sp³-hybridized carbons (Fsp3) is 0.350. The molecule has 1 amide bonds. The molecule has 0 bridgehead atoms. The van der Waals surface area contributed by atoms with Crippen LogP contribution < -0.4 is 5.32 Å². The molecular formula is C20H22FN3O4. The summed E-state index contributed by atoms with van der Waals surface area (Å²) < 4.78 is 21.0. The second-order valence-electron chi connectivity index (χ2n) is 6.68. The molecule has 2 N–H and O–H groups in total. The lowest BCUT2D eigenvalue weighted by atomic mass is 10.1. The van der Waals surface area contributed by atoms with Gasteiger partial charge in [-0.25, -0.2) is 13.9 Å². The van der Waals surface area contributed by atoms with E-state index in [2.05, 4.69) is 17.0 Å². The molecule has 7 nitrogen and oxygen atoms in total. The molecule has 1 atom stereocenters. The Balaban J connectivity index is 1.90. The third-order valence-corrected chi connectivity index (χ3v) is 4.60. The smallest absolute Gasteiger partial charge is 0.328 e. The van der Waals surface area contributed by atoms with Gasteiger partial charge >= 0.3 is 5.97 Å². The number of ether oxygens (including phenoxy) is 1. The van der Waals surface area contributed by atoms with E-state index >= 15 is 0 Å². The number of nitrogens with zero attached hydrogens (tertiary/aromatic N) is 2. The molecule has 0 saturated heterocycles. The van der Waals surface area contributed by atoms with Gasteiger partial charge in [-0.3, -0.25) is 4.79 Å². The minimum Gasteiger partial charge on any atom is -0.480 e. The highest BCUT2D eigenvalue weighted by Gasteiger charge is 2.30. The van der Waals surface area contributed by atoms with Gasteiger partial charge in [0.15, 0.2) is 11.7 Å². The number of carboxylic acids is 1. The number of carbonyl (C=O) groups excluding carboxylic acids is 1. The molecule has 1 aromatic heterocycles. The maximum atomic E-state index is 14.4. The third kappa shape index (κ3) is 3.96. The number of halogens is 1. The molecule has 28 heavy (non-hydrogen) atoms. The van der Waals surface area contributed by atoms with E-state index in [0.29, 0.717) is 12.8 Å². The number of hydrogen-bond donors (Lipinski definition) is 2. The monoisotopic (exact) mass is 387 g/mol. The molecule has 0 aliphatic heterocycles. The average Bonchev–Trinajstić information content (AvgIpc) is 3.25. The molecule has 0 saturated carbocycles. The Morgan fingerprint density at radius 2 is 2.25 bits per heavy atom. The van der Waals surface area contributed by atoms with Crippen LogP contribution in [0.2, 0.25) is 0 Å². The summed E-state index contributed by atoms with van der Waals surface area (Å²) in [5.74, 6) is -2.26. The summed E-state index contributed by atoms with van der Waals surface area (Å²) in [6.07, 6.45) is 3.63. The van der Waals surface area contributed by atoms with Crippen molar-refractivity contribution in [3.63, 3.8) is 0 Å². The summed E-state index contributed by atoms with van der Waals surface area (Å²) in [6, 6.07) is 3.48. The lowest BCUT2D eigenvalue weighted by molar-refractivity contribution is -0.140. The molecule has 0 radical (unpaired) electrons. The zero-order chi connectivity index (χ0) is 20.3. The van der Waals surface area contributed by atoms with Gasteiger partial charge in [-0.15, -0.1) is 6.58 Å². The molecule has 0 fully saturated rings. The van der Waals surface area contributed by atoms with Crippen LogP contribution in [-0.4, -0.2) is 46.0 Å². The first kappa shape index (κ1) is 19.8. The standard InChI is InChI=1S/C20H22FN3O4/c1-3-9-28-11-15(20(26)27)22-19(25)18-13-5-4-6-16(13)24(23-18)17-10-12(2)7-8-14(17)21/h3,7-8,10,15H,1,4-6,9,11H2,2H3,(H,22,25)(H,26,27). The van der Waals surface area contributed by atoms with Crippen LogP contribution in [0.3, 0.4) is 0 Å². The average molecular weight is 387 g/mol. The van der Waals surface area contributed by atoms with Crippen LogP contribution in [0.25, 0.3) is 5.69 Å². The number of aliphatic carboxylic acids is 1. The fourth-order valence-corrected chi connectivity index (χ4v) is 3.27. The first-order valence-corrected chi connectivity index (χ1v) is 9.02. The Hall–Kier alpha value is -3.00. The minimum absolute atomic E-state index is 0.128. The van der Waals surface area contributed by atoms with E-state index in [9.17, 15) is 19.1 Å². The Bertz CT molecular complexity index is 922. The predicted molar refractivity (Wildman–Crippen MR) is 100 cm³/mol. The summed E-state index contributed by atoms with van der Waals surface area (Å²) in [5, 5.41) is 16.1. The van der Waals surface area contributed by atoms with Crippen molar-refractivity contribution < 1.29 is 23.8 Å². The Labute approximate surface area is 161 Å². The predicted octanol–water partition coefficient (Wildman–Crippen LogP) is 2.19. The number of carbonyl (C=O) groups is 2. The van der Waals surface area contributed by atoms with E-state index in [1.165, 1.54) is 16.8 Å². The molecule has 1 aromatic carbocycles. The number of aromatic nitrogens is 2. The molecular weight excluding hydrogens is 365 g/mol. The van der Waals surface area contributed by atoms with Gasteiger partial charge in [-0.05, 0) is 43.9 Å². The van der Waals surface area contributed by atoms with Gasteiger partial charge in [0.2, 0.25) is 0 Å². The van der Waals surface area contributed by atoms with E-state index in [1.807, 2.05) is 6.92 Å². The van der Waals surface area contributed by atoms with Crippen molar-refractivity contribution in [1.29, 1.82) is 0 Å². The molecule has 8 heteroatoms. The van der Waals surface area contributed by atoms with E-state index < -0.39 is 23.7 Å². The summed E-state index contributed by atoms with van der Waals surface area (Å²) in [4.78, 5) is 24.1. The van der Waals surface area contributed by atoms with Crippen molar-refractivity contribution >= 4 is 11.9 Å². The van der Waals surface area contributed by atoms with Gasteiger partial charge in [0.1, 0.15) is 11.5 Å². The van der Waals surface area contributed by atoms with Crippen molar-refractivity contribution in [3.05, 3.63) is 59.2 Å². The van der Waals surface area contributed by atoms with E-state index in [4.69, 9.17) is 4.74 Å². The van der Waals surface area contributed by atoms with Gasteiger partial charge in [-0.2, -0.15) is 5.10 Å². The minimum atomic E-state index is -1.22. The van der Waals surface area contributed by atoms with Crippen LogP contribution in [0, 0.1) is 12.7 Å². The highest BCUT2D eigenvalue weighted by molar-refractivity contribution is 5.96. The summed E-state index contributed by atoms with van der Waals surface area (Å²) in [6.45, 7) is 5.33. The number of amides is 1. The van der Waals surface area contributed by atoms with Crippen molar-refractivity contribution in [2.75, 3.05) is 13.2 Å². The third-order valence-electron chi connectivity index (χ3n) is 4.60. The van der Waals surface area contributed by atoms with Gasteiger partial charge in [0.25, 0.3) is 5.91 Å². The Kier molecular flexibility index (Phi) is 5.89. The highest BCUT2D eigenvalue weighted by atomic mass is 19.1. The van der Waals surface area contributed by atoms with Gasteiger partial charge in [0.05, 0.1) is 13.2 Å². The van der Waals surface area contributed by atoms with Gasteiger partial charge < -0.3 is 15.2 Å². The van der Waals surface area contributed by atoms with E-state index in [-0.39, 0.29) is 24.6 Å². The Morgan fingerprint density at radius 3 is 2.96 bits per heavy atom. The molecule has 2 aromatic rings. The molecule has 1 heterocycles. The van der Waals surface area contributed by atoms with Crippen molar-refractivity contribution in [2.24, 2.45) is 0 Å². The lowest BCUT2D eigenvalue weighted by Gasteiger charge is -2.14. The van der Waals surface area contributed by atoms with Crippen LogP contribution in [0.4, 0.5) is 4.39 Å². The van der Waals surface area contributed by atoms with Crippen LogP contribution in [-0.2, 0) is 22.4 Å². The van der Waals surface area contributed by atoms with E-state index in [1.54, 1.807) is 12.1 Å². The topological polar surface area (TPSA) is 93.5 Å². The molecule has 1 aliphatic rings. The second-order valence-corrected chi connectivity index (χ2v) is 6.68. The maximum absolute atomic E-state index is 14.4. The molecule has 1 aliphatic carbocycles. The number of hydrogen-bond acceptors (Lipinski definition) is 4. The van der Waals surface area contributed by atoms with Gasteiger partial charge in [0, 0.05) is 11.3 Å². The quantitative estimate of drug-likeness (QED) is 0.535. The maximum Gasteiger partial charge on any atom is 0.328 e. The summed E-state index contributed by atoms with van der Waals surface area (Å²) >= 11 is 0. The SMILES string of the molecule is C=CCOCC(NC(=O)c1nn(-c2cc(C)ccc2F)c2c1CCC2)C(=O)O. The highest BCUT2D eigenvalue weighted by Crippen LogP contribution is 2.29. The zero-order valence-corrected chi connectivity index (χ0v) is 15.6.